The summed E-state index contributed by atoms with van der Waals surface area (Å²) in [5.41, 5.74) is 0. The van der Waals surface area contributed by atoms with Crippen molar-refractivity contribution >= 4 is 41.4 Å². The lowest BCUT2D eigenvalue weighted by molar-refractivity contribution is -0.142. The number of ketones is 1. The fourth-order valence-corrected chi connectivity index (χ4v) is 2.14. The summed E-state index contributed by atoms with van der Waals surface area (Å²) < 4.78 is 0. The summed E-state index contributed by atoms with van der Waals surface area (Å²) >= 11 is 0. The Balaban J connectivity index is 4.66. The van der Waals surface area contributed by atoms with Crippen LogP contribution in [0.15, 0.2) is 0 Å². The SMILES string of the molecule is CNC(CC(=O)O)C(=O)NC(CC(=O)O)C(=O)NCC(=O)NCC(=O)NCC(=O)C(C)C. The fraction of sp³-hybridized carbons (Fsp3) is 0.611. The molecule has 0 aliphatic carbocycles. The predicted molar refractivity (Wildman–Crippen MR) is 108 cm³/mol. The van der Waals surface area contributed by atoms with Gasteiger partial charge in [-0.05, 0) is 7.05 Å². The first-order valence-electron chi connectivity index (χ1n) is 9.62. The van der Waals surface area contributed by atoms with Crippen molar-refractivity contribution in [3.63, 3.8) is 0 Å². The zero-order chi connectivity index (χ0) is 24.8. The van der Waals surface area contributed by atoms with E-state index in [-0.39, 0.29) is 18.2 Å². The minimum Gasteiger partial charge on any atom is -0.481 e. The van der Waals surface area contributed by atoms with Crippen LogP contribution in [0.3, 0.4) is 0 Å². The summed E-state index contributed by atoms with van der Waals surface area (Å²) in [6.07, 6.45) is -1.41. The van der Waals surface area contributed by atoms with Crippen molar-refractivity contribution in [1.29, 1.82) is 0 Å². The van der Waals surface area contributed by atoms with E-state index in [1.54, 1.807) is 13.8 Å². The topological polar surface area (TPSA) is 220 Å². The molecule has 0 fully saturated rings. The van der Waals surface area contributed by atoms with Crippen LogP contribution in [0.2, 0.25) is 0 Å². The molecule has 0 spiro atoms. The Kier molecular flexibility index (Phi) is 12.9. The van der Waals surface area contributed by atoms with Crippen molar-refractivity contribution in [3.8, 4) is 0 Å². The molecule has 0 aliphatic heterocycles. The van der Waals surface area contributed by atoms with Crippen LogP contribution in [0.4, 0.5) is 0 Å². The highest BCUT2D eigenvalue weighted by Crippen LogP contribution is 1.98. The van der Waals surface area contributed by atoms with E-state index < -0.39 is 73.6 Å². The molecular weight excluding hydrogens is 430 g/mol. The Morgan fingerprint density at radius 2 is 1.16 bits per heavy atom. The molecule has 2 atom stereocenters. The average Bonchev–Trinajstić information content (AvgIpc) is 2.71. The van der Waals surface area contributed by atoms with Gasteiger partial charge in [-0.1, -0.05) is 13.8 Å². The predicted octanol–water partition coefficient (Wildman–Crippen LogP) is -3.42. The van der Waals surface area contributed by atoms with Gasteiger partial charge in [-0.25, -0.2) is 0 Å². The van der Waals surface area contributed by atoms with Crippen molar-refractivity contribution in [1.82, 2.24) is 26.6 Å². The number of hydrogen-bond acceptors (Lipinski definition) is 8. The highest BCUT2D eigenvalue weighted by molar-refractivity contribution is 5.95. The van der Waals surface area contributed by atoms with Crippen LogP contribution < -0.4 is 26.6 Å². The maximum Gasteiger partial charge on any atom is 0.305 e. The van der Waals surface area contributed by atoms with E-state index in [0.717, 1.165) is 0 Å². The van der Waals surface area contributed by atoms with Crippen LogP contribution in [0.1, 0.15) is 26.7 Å². The fourth-order valence-electron chi connectivity index (χ4n) is 2.14. The minimum absolute atomic E-state index is 0.185. The van der Waals surface area contributed by atoms with Crippen molar-refractivity contribution in [2.75, 3.05) is 26.7 Å². The number of likely N-dealkylation sites (N-methyl/N-ethyl adjacent to an activating group) is 1. The number of carbonyl (C=O) groups excluding carboxylic acids is 5. The van der Waals surface area contributed by atoms with E-state index >= 15 is 0 Å². The molecule has 0 saturated heterocycles. The number of Topliss-reactive ketones (excluding diaryl/α,β-unsaturated/α-hetero) is 1. The van der Waals surface area contributed by atoms with Crippen molar-refractivity contribution < 1.29 is 43.8 Å². The van der Waals surface area contributed by atoms with Crippen molar-refractivity contribution in [3.05, 3.63) is 0 Å². The Bertz CT molecular complexity index is 738. The highest BCUT2D eigenvalue weighted by atomic mass is 16.4. The summed E-state index contributed by atoms with van der Waals surface area (Å²) in [5.74, 6) is -6.44. The number of aliphatic carboxylic acids is 2. The van der Waals surface area contributed by atoms with Crippen LogP contribution >= 0.6 is 0 Å². The van der Waals surface area contributed by atoms with Crippen molar-refractivity contribution in [2.45, 2.75) is 38.8 Å². The molecule has 180 valence electrons. The van der Waals surface area contributed by atoms with Gasteiger partial charge in [0.1, 0.15) is 6.04 Å². The monoisotopic (exact) mass is 459 g/mol. The Morgan fingerprint density at radius 3 is 1.62 bits per heavy atom. The highest BCUT2D eigenvalue weighted by Gasteiger charge is 2.28. The number of hydrogen-bond donors (Lipinski definition) is 7. The molecule has 2 unspecified atom stereocenters. The number of carboxylic acids is 2. The van der Waals surface area contributed by atoms with Crippen LogP contribution in [0.25, 0.3) is 0 Å². The van der Waals surface area contributed by atoms with Crippen LogP contribution in [0.5, 0.6) is 0 Å². The minimum atomic E-state index is -1.57. The maximum absolute atomic E-state index is 12.2. The van der Waals surface area contributed by atoms with E-state index in [2.05, 4.69) is 26.6 Å². The number of rotatable bonds is 15. The van der Waals surface area contributed by atoms with E-state index in [1.807, 2.05) is 0 Å². The van der Waals surface area contributed by atoms with Gasteiger partial charge in [-0.3, -0.25) is 33.6 Å². The quantitative estimate of drug-likeness (QED) is 0.128. The number of carboxylic acid groups (broad SMARTS) is 2. The molecule has 0 aromatic heterocycles. The van der Waals surface area contributed by atoms with Gasteiger partial charge < -0.3 is 36.8 Å². The Labute approximate surface area is 183 Å². The largest absolute Gasteiger partial charge is 0.481 e. The first kappa shape index (κ1) is 28.5. The van der Waals surface area contributed by atoms with E-state index in [0.29, 0.717) is 0 Å². The molecule has 0 saturated carbocycles. The van der Waals surface area contributed by atoms with Gasteiger partial charge >= 0.3 is 11.9 Å². The van der Waals surface area contributed by atoms with Crippen LogP contribution in [0, 0.1) is 5.92 Å². The Hall–Kier alpha value is -3.55. The second kappa shape index (κ2) is 14.5. The van der Waals surface area contributed by atoms with Gasteiger partial charge in [0, 0.05) is 5.92 Å². The number of nitrogens with one attached hydrogen (secondary N) is 5. The van der Waals surface area contributed by atoms with E-state index in [4.69, 9.17) is 10.2 Å². The molecule has 0 aliphatic rings. The zero-order valence-electron chi connectivity index (χ0n) is 18.0. The van der Waals surface area contributed by atoms with Gasteiger partial charge in [-0.15, -0.1) is 0 Å². The van der Waals surface area contributed by atoms with Gasteiger partial charge in [-0.2, -0.15) is 0 Å². The lowest BCUT2D eigenvalue weighted by atomic mass is 10.1. The zero-order valence-corrected chi connectivity index (χ0v) is 18.0. The molecule has 4 amide bonds. The summed E-state index contributed by atoms with van der Waals surface area (Å²) in [6.45, 7) is 2.09. The maximum atomic E-state index is 12.2. The summed E-state index contributed by atoms with van der Waals surface area (Å²) in [5, 5.41) is 29.0. The normalized spacial score (nSPS) is 12.2. The molecule has 32 heavy (non-hydrogen) atoms. The second-order valence-corrected chi connectivity index (χ2v) is 6.99. The summed E-state index contributed by atoms with van der Waals surface area (Å²) in [6, 6.07) is -2.77. The molecular formula is C18H29N5O9. The Morgan fingerprint density at radius 1 is 0.688 bits per heavy atom. The molecule has 0 heterocycles. The van der Waals surface area contributed by atoms with Gasteiger partial charge in [0.05, 0.1) is 38.5 Å². The average molecular weight is 459 g/mol. The lowest BCUT2D eigenvalue weighted by Crippen LogP contribution is -2.54. The number of amides is 4. The van der Waals surface area contributed by atoms with E-state index in [1.165, 1.54) is 7.05 Å². The first-order chi connectivity index (χ1) is 14.9. The smallest absolute Gasteiger partial charge is 0.305 e. The molecule has 0 radical (unpaired) electrons. The van der Waals surface area contributed by atoms with Crippen LogP contribution in [-0.2, 0) is 33.6 Å². The second-order valence-electron chi connectivity index (χ2n) is 6.99. The summed E-state index contributed by atoms with van der Waals surface area (Å²) in [4.78, 5) is 80.9. The molecule has 0 rings (SSSR count). The molecule has 14 nitrogen and oxygen atoms in total. The first-order valence-corrected chi connectivity index (χ1v) is 9.62. The third-order valence-corrected chi connectivity index (χ3v) is 4.03. The molecule has 7 N–H and O–H groups in total. The lowest BCUT2D eigenvalue weighted by Gasteiger charge is -2.20. The van der Waals surface area contributed by atoms with Gasteiger partial charge in [0.2, 0.25) is 23.6 Å². The van der Waals surface area contributed by atoms with Crippen molar-refractivity contribution in [2.24, 2.45) is 5.92 Å². The van der Waals surface area contributed by atoms with Gasteiger partial charge in [0.15, 0.2) is 5.78 Å². The molecule has 14 heteroatoms. The summed E-state index contributed by atoms with van der Waals surface area (Å²) in [7, 11) is 1.32. The van der Waals surface area contributed by atoms with E-state index in [9.17, 15) is 33.6 Å². The number of carbonyl (C=O) groups is 7. The van der Waals surface area contributed by atoms with Crippen LogP contribution in [-0.4, -0.2) is 90.3 Å². The third-order valence-electron chi connectivity index (χ3n) is 4.03. The molecule has 0 aromatic rings. The molecule has 0 bridgehead atoms. The standard InChI is InChI=1S/C18H29N5O9/c1-9(2)12(24)6-20-13(25)7-21-14(26)8-22-17(31)11(5-16(29)30)23-18(32)10(19-3)4-15(27)28/h9-11,19H,4-8H2,1-3H3,(H,20,25)(H,21,26)(H,22,31)(H,23,32)(H,27,28)(H,29,30). The van der Waals surface area contributed by atoms with Gasteiger partial charge in [0.25, 0.3) is 0 Å². The third kappa shape index (κ3) is 12.2. The molecule has 0 aromatic carbocycles.